The Morgan fingerprint density at radius 3 is 2.83 bits per heavy atom. The Hall–Kier alpha value is -1.60. The molecule has 1 aromatic carbocycles. The summed E-state index contributed by atoms with van der Waals surface area (Å²) in [6.07, 6.45) is 0. The van der Waals surface area contributed by atoms with E-state index in [1.807, 2.05) is 0 Å². The summed E-state index contributed by atoms with van der Waals surface area (Å²) in [5.41, 5.74) is 1.45. The molecular formula is C11H15N3O3S. The molecule has 1 aliphatic heterocycles. The van der Waals surface area contributed by atoms with E-state index >= 15 is 0 Å². The molecule has 0 aromatic heterocycles. The van der Waals surface area contributed by atoms with Gasteiger partial charge in [-0.3, -0.25) is 0 Å². The molecule has 0 atom stereocenters. The molecule has 0 aliphatic carbocycles. The molecule has 0 spiro atoms. The number of nitrogens with zero attached hydrogens (tertiary/aromatic N) is 1. The molecule has 6 nitrogen and oxygen atoms in total. The lowest BCUT2D eigenvalue weighted by molar-refractivity contribution is 0.218. The minimum atomic E-state index is -3.46. The fourth-order valence-electron chi connectivity index (χ4n) is 1.80. The predicted octanol–water partition coefficient (Wildman–Crippen LogP) is 0.962. The van der Waals surface area contributed by atoms with E-state index in [0.29, 0.717) is 18.8 Å². The van der Waals surface area contributed by atoms with Crippen LogP contribution in [0.25, 0.3) is 0 Å². The highest BCUT2D eigenvalue weighted by atomic mass is 32.2. The van der Waals surface area contributed by atoms with Crippen LogP contribution >= 0.6 is 0 Å². The van der Waals surface area contributed by atoms with Crippen molar-refractivity contribution in [3.63, 3.8) is 0 Å². The molecule has 18 heavy (non-hydrogen) atoms. The van der Waals surface area contributed by atoms with E-state index in [1.54, 1.807) is 26.1 Å². The monoisotopic (exact) mass is 269 g/mol. The highest BCUT2D eigenvalue weighted by molar-refractivity contribution is 7.89. The largest absolute Gasteiger partial charge is 0.323 e. The number of carbonyl (C=O) groups is 1. The van der Waals surface area contributed by atoms with Crippen molar-refractivity contribution in [2.24, 2.45) is 0 Å². The SMILES string of the molecule is CCNS(=O)(=O)c1ccc2c(c1)CN(C)C(=O)N2. The molecule has 0 saturated heterocycles. The van der Waals surface area contributed by atoms with E-state index in [2.05, 4.69) is 10.0 Å². The van der Waals surface area contributed by atoms with E-state index in [1.165, 1.54) is 11.0 Å². The third kappa shape index (κ3) is 2.32. The van der Waals surface area contributed by atoms with Crippen molar-refractivity contribution in [2.75, 3.05) is 18.9 Å². The molecule has 2 rings (SSSR count). The van der Waals surface area contributed by atoms with Crippen LogP contribution in [0.15, 0.2) is 23.1 Å². The van der Waals surface area contributed by atoms with E-state index < -0.39 is 10.0 Å². The van der Waals surface area contributed by atoms with Crippen molar-refractivity contribution in [1.29, 1.82) is 0 Å². The zero-order valence-corrected chi connectivity index (χ0v) is 11.0. The van der Waals surface area contributed by atoms with Gasteiger partial charge >= 0.3 is 6.03 Å². The second-order valence-electron chi connectivity index (χ2n) is 4.11. The van der Waals surface area contributed by atoms with Crippen molar-refractivity contribution in [3.8, 4) is 0 Å². The fourth-order valence-corrected chi connectivity index (χ4v) is 2.89. The Balaban J connectivity index is 2.39. The van der Waals surface area contributed by atoms with Gasteiger partial charge in [-0.05, 0) is 23.8 Å². The minimum Gasteiger partial charge on any atom is -0.323 e. The number of sulfonamides is 1. The van der Waals surface area contributed by atoms with Crippen LogP contribution in [0, 0.1) is 0 Å². The lowest BCUT2D eigenvalue weighted by Crippen LogP contribution is -2.35. The number of anilines is 1. The number of hydrogen-bond donors (Lipinski definition) is 2. The third-order valence-corrected chi connectivity index (χ3v) is 4.26. The summed E-state index contributed by atoms with van der Waals surface area (Å²) in [7, 11) is -1.80. The first-order valence-corrected chi connectivity index (χ1v) is 7.07. The zero-order valence-electron chi connectivity index (χ0n) is 10.2. The Bertz CT molecular complexity index is 583. The quantitative estimate of drug-likeness (QED) is 0.858. The molecular weight excluding hydrogens is 254 g/mol. The lowest BCUT2D eigenvalue weighted by atomic mass is 10.1. The number of rotatable bonds is 3. The van der Waals surface area contributed by atoms with Crippen molar-refractivity contribution in [2.45, 2.75) is 18.4 Å². The summed E-state index contributed by atoms with van der Waals surface area (Å²) < 4.78 is 26.1. The van der Waals surface area contributed by atoms with Crippen LogP contribution in [0.3, 0.4) is 0 Å². The van der Waals surface area contributed by atoms with E-state index in [4.69, 9.17) is 0 Å². The molecule has 1 heterocycles. The maximum absolute atomic E-state index is 11.9. The molecule has 1 aliphatic rings. The van der Waals surface area contributed by atoms with Crippen molar-refractivity contribution in [1.82, 2.24) is 9.62 Å². The summed E-state index contributed by atoms with van der Waals surface area (Å²) in [6.45, 7) is 2.47. The Morgan fingerprint density at radius 2 is 2.17 bits per heavy atom. The van der Waals surface area contributed by atoms with E-state index in [9.17, 15) is 13.2 Å². The standard InChI is InChI=1S/C11H15N3O3S/c1-3-12-18(16,17)9-4-5-10-8(6-9)7-14(2)11(15)13-10/h4-6,12H,3,7H2,1-2H3,(H,13,15). The average molecular weight is 269 g/mol. The van der Waals surface area contributed by atoms with Gasteiger partial charge in [-0.15, -0.1) is 0 Å². The normalized spacial score (nSPS) is 15.2. The van der Waals surface area contributed by atoms with Gasteiger partial charge in [0, 0.05) is 25.8 Å². The Labute approximate surface area is 106 Å². The molecule has 2 N–H and O–H groups in total. The van der Waals surface area contributed by atoms with Crippen LogP contribution in [0.1, 0.15) is 12.5 Å². The van der Waals surface area contributed by atoms with Crippen LogP contribution < -0.4 is 10.0 Å². The smallest absolute Gasteiger partial charge is 0.321 e. The first-order chi connectivity index (χ1) is 8.44. The average Bonchev–Trinajstić information content (AvgIpc) is 2.30. The van der Waals surface area contributed by atoms with Crippen LogP contribution in [-0.4, -0.2) is 32.9 Å². The van der Waals surface area contributed by atoms with Gasteiger partial charge in [0.15, 0.2) is 0 Å². The van der Waals surface area contributed by atoms with Crippen LogP contribution in [0.2, 0.25) is 0 Å². The molecule has 2 amide bonds. The number of carbonyl (C=O) groups excluding carboxylic acids is 1. The van der Waals surface area contributed by atoms with Crippen molar-refractivity contribution < 1.29 is 13.2 Å². The number of fused-ring (bicyclic) bond motifs is 1. The second-order valence-corrected chi connectivity index (χ2v) is 5.87. The Morgan fingerprint density at radius 1 is 1.44 bits per heavy atom. The van der Waals surface area contributed by atoms with Gasteiger partial charge in [-0.2, -0.15) is 0 Å². The minimum absolute atomic E-state index is 0.190. The maximum Gasteiger partial charge on any atom is 0.321 e. The fraction of sp³-hybridized carbons (Fsp3) is 0.364. The second kappa shape index (κ2) is 4.58. The molecule has 7 heteroatoms. The zero-order chi connectivity index (χ0) is 13.3. The summed E-state index contributed by atoms with van der Waals surface area (Å²) >= 11 is 0. The third-order valence-electron chi connectivity index (χ3n) is 2.72. The number of nitrogens with one attached hydrogen (secondary N) is 2. The first kappa shape index (κ1) is 12.8. The molecule has 0 saturated carbocycles. The highest BCUT2D eigenvalue weighted by Crippen LogP contribution is 2.25. The van der Waals surface area contributed by atoms with Crippen molar-refractivity contribution >= 4 is 21.7 Å². The highest BCUT2D eigenvalue weighted by Gasteiger charge is 2.21. The van der Waals surface area contributed by atoms with Crippen LogP contribution in [0.5, 0.6) is 0 Å². The number of hydrogen-bond acceptors (Lipinski definition) is 3. The van der Waals surface area contributed by atoms with E-state index in [-0.39, 0.29) is 10.9 Å². The van der Waals surface area contributed by atoms with Crippen molar-refractivity contribution in [3.05, 3.63) is 23.8 Å². The predicted molar refractivity (Wildman–Crippen MR) is 67.8 cm³/mol. The Kier molecular flexibility index (Phi) is 3.27. The maximum atomic E-state index is 11.9. The van der Waals surface area contributed by atoms with Gasteiger partial charge < -0.3 is 10.2 Å². The van der Waals surface area contributed by atoms with Gasteiger partial charge in [0.2, 0.25) is 10.0 Å². The molecule has 0 radical (unpaired) electrons. The molecule has 0 fully saturated rings. The van der Waals surface area contributed by atoms with Gasteiger partial charge in [0.1, 0.15) is 0 Å². The van der Waals surface area contributed by atoms with Gasteiger partial charge in [0.05, 0.1) is 4.90 Å². The molecule has 98 valence electrons. The number of urea groups is 1. The first-order valence-electron chi connectivity index (χ1n) is 5.59. The summed E-state index contributed by atoms with van der Waals surface area (Å²) in [5, 5.41) is 2.69. The molecule has 0 bridgehead atoms. The van der Waals surface area contributed by atoms with Gasteiger partial charge in [-0.1, -0.05) is 6.92 Å². The summed E-state index contributed by atoms with van der Waals surface area (Å²) in [4.78, 5) is 13.1. The summed E-state index contributed by atoms with van der Waals surface area (Å²) in [5.74, 6) is 0. The topological polar surface area (TPSA) is 78.5 Å². The number of benzene rings is 1. The van der Waals surface area contributed by atoms with Gasteiger partial charge in [0.25, 0.3) is 0 Å². The van der Waals surface area contributed by atoms with Crippen LogP contribution in [0.4, 0.5) is 10.5 Å². The van der Waals surface area contributed by atoms with Gasteiger partial charge in [-0.25, -0.2) is 17.9 Å². The lowest BCUT2D eigenvalue weighted by Gasteiger charge is -2.26. The summed E-state index contributed by atoms with van der Waals surface area (Å²) in [6, 6.07) is 4.50. The molecule has 0 unspecified atom stereocenters. The molecule has 1 aromatic rings. The number of amides is 2. The van der Waals surface area contributed by atoms with E-state index in [0.717, 1.165) is 5.56 Å². The van der Waals surface area contributed by atoms with Crippen LogP contribution in [-0.2, 0) is 16.6 Å².